The molecule has 1 N–H and O–H groups in total. The SMILES string of the molecule is OC(/C=C(\C#Cc1ccsc1)c1cccs1)c1ccsc1. The molecule has 104 valence electrons. The minimum atomic E-state index is -0.620. The highest BCUT2D eigenvalue weighted by Crippen LogP contribution is 2.25. The molecule has 0 aliphatic rings. The van der Waals surface area contributed by atoms with Gasteiger partial charge >= 0.3 is 0 Å². The van der Waals surface area contributed by atoms with Crippen molar-refractivity contribution in [2.75, 3.05) is 0 Å². The van der Waals surface area contributed by atoms with E-state index in [4.69, 9.17) is 0 Å². The summed E-state index contributed by atoms with van der Waals surface area (Å²) < 4.78 is 0. The van der Waals surface area contributed by atoms with Gasteiger partial charge < -0.3 is 5.11 Å². The Kier molecular flexibility index (Phi) is 4.69. The van der Waals surface area contributed by atoms with Crippen LogP contribution < -0.4 is 0 Å². The Morgan fingerprint density at radius 1 is 1.10 bits per heavy atom. The number of aliphatic hydroxyl groups excluding tert-OH is 1. The number of hydrogen-bond acceptors (Lipinski definition) is 4. The van der Waals surface area contributed by atoms with Crippen LogP contribution in [0, 0.1) is 11.8 Å². The Morgan fingerprint density at radius 3 is 2.62 bits per heavy atom. The monoisotopic (exact) mass is 328 g/mol. The van der Waals surface area contributed by atoms with Crippen LogP contribution >= 0.6 is 34.0 Å². The van der Waals surface area contributed by atoms with Gasteiger partial charge in [-0.15, -0.1) is 11.3 Å². The summed E-state index contributed by atoms with van der Waals surface area (Å²) in [5.74, 6) is 6.34. The van der Waals surface area contributed by atoms with Crippen LogP contribution in [0.4, 0.5) is 0 Å². The summed E-state index contributed by atoms with van der Waals surface area (Å²) in [6.45, 7) is 0. The minimum absolute atomic E-state index is 0.620. The first-order chi connectivity index (χ1) is 10.3. The van der Waals surface area contributed by atoms with Crippen molar-refractivity contribution in [1.82, 2.24) is 0 Å². The first kappa shape index (κ1) is 14.3. The molecule has 0 radical (unpaired) electrons. The van der Waals surface area contributed by atoms with Crippen molar-refractivity contribution in [3.8, 4) is 11.8 Å². The smallest absolute Gasteiger partial charge is 0.0995 e. The predicted molar refractivity (Wildman–Crippen MR) is 92.8 cm³/mol. The lowest BCUT2D eigenvalue weighted by atomic mass is 10.1. The standard InChI is InChI=1S/C17H12OS3/c18-16(15-6-9-20-12-15)10-14(17-2-1-7-21-17)4-3-13-5-8-19-11-13/h1-2,5-12,16,18H/b14-10+. The van der Waals surface area contributed by atoms with E-state index in [0.717, 1.165) is 21.6 Å². The summed E-state index contributed by atoms with van der Waals surface area (Å²) in [5, 5.41) is 20.3. The highest BCUT2D eigenvalue weighted by molar-refractivity contribution is 7.11. The van der Waals surface area contributed by atoms with Crippen LogP contribution in [-0.2, 0) is 0 Å². The van der Waals surface area contributed by atoms with Crippen molar-refractivity contribution in [2.24, 2.45) is 0 Å². The molecule has 0 aliphatic carbocycles. The molecular formula is C17H12OS3. The van der Waals surface area contributed by atoms with Gasteiger partial charge in [-0.2, -0.15) is 22.7 Å². The van der Waals surface area contributed by atoms with Gasteiger partial charge in [0, 0.05) is 21.4 Å². The van der Waals surface area contributed by atoms with Crippen molar-refractivity contribution in [2.45, 2.75) is 6.10 Å². The molecule has 0 saturated heterocycles. The zero-order valence-electron chi connectivity index (χ0n) is 11.0. The van der Waals surface area contributed by atoms with Gasteiger partial charge in [0.25, 0.3) is 0 Å². The van der Waals surface area contributed by atoms with Gasteiger partial charge in [-0.1, -0.05) is 17.9 Å². The third-order valence-electron chi connectivity index (χ3n) is 2.86. The van der Waals surface area contributed by atoms with Crippen LogP contribution in [0.2, 0.25) is 0 Å². The average Bonchev–Trinajstić information content (AvgIpc) is 3.27. The molecule has 21 heavy (non-hydrogen) atoms. The lowest BCUT2D eigenvalue weighted by Crippen LogP contribution is -1.92. The second-order valence-electron chi connectivity index (χ2n) is 4.32. The molecule has 1 atom stereocenters. The zero-order valence-corrected chi connectivity index (χ0v) is 13.5. The van der Waals surface area contributed by atoms with E-state index in [9.17, 15) is 5.11 Å². The highest BCUT2D eigenvalue weighted by Gasteiger charge is 2.08. The third-order valence-corrected chi connectivity index (χ3v) is 5.15. The Labute approximate surface area is 135 Å². The van der Waals surface area contributed by atoms with Crippen molar-refractivity contribution in [3.05, 3.63) is 73.2 Å². The summed E-state index contributed by atoms with van der Waals surface area (Å²) in [7, 11) is 0. The van der Waals surface area contributed by atoms with Gasteiger partial charge in [0.1, 0.15) is 0 Å². The number of aliphatic hydroxyl groups is 1. The maximum Gasteiger partial charge on any atom is 0.0995 e. The topological polar surface area (TPSA) is 20.2 Å². The van der Waals surface area contributed by atoms with E-state index in [2.05, 4.69) is 11.8 Å². The molecular weight excluding hydrogens is 316 g/mol. The number of hydrogen-bond donors (Lipinski definition) is 1. The number of rotatable bonds is 3. The van der Waals surface area contributed by atoms with E-state index in [1.807, 2.05) is 57.2 Å². The maximum absolute atomic E-state index is 10.3. The summed E-state index contributed by atoms with van der Waals surface area (Å²) in [4.78, 5) is 1.08. The molecule has 0 fully saturated rings. The average molecular weight is 328 g/mol. The summed E-state index contributed by atoms with van der Waals surface area (Å²) in [6.07, 6.45) is 1.21. The molecule has 0 aliphatic heterocycles. The van der Waals surface area contributed by atoms with Crippen LogP contribution in [0.15, 0.2) is 57.2 Å². The molecule has 3 aromatic rings. The molecule has 0 saturated carbocycles. The van der Waals surface area contributed by atoms with Crippen LogP contribution in [-0.4, -0.2) is 5.11 Å². The maximum atomic E-state index is 10.3. The van der Waals surface area contributed by atoms with E-state index in [-0.39, 0.29) is 0 Å². The molecule has 4 heteroatoms. The van der Waals surface area contributed by atoms with Crippen LogP contribution in [0.1, 0.15) is 22.1 Å². The Balaban J connectivity index is 1.93. The molecule has 3 aromatic heterocycles. The molecule has 1 nitrogen and oxygen atoms in total. The fraction of sp³-hybridized carbons (Fsp3) is 0.0588. The van der Waals surface area contributed by atoms with Crippen LogP contribution in [0.5, 0.6) is 0 Å². The lowest BCUT2D eigenvalue weighted by Gasteiger charge is -2.04. The van der Waals surface area contributed by atoms with E-state index in [1.54, 1.807) is 34.0 Å². The molecule has 3 heterocycles. The van der Waals surface area contributed by atoms with Crippen molar-refractivity contribution in [3.63, 3.8) is 0 Å². The van der Waals surface area contributed by atoms with Gasteiger partial charge in [-0.05, 0) is 51.4 Å². The molecule has 1 unspecified atom stereocenters. The normalized spacial score (nSPS) is 12.7. The Morgan fingerprint density at radius 2 is 1.95 bits per heavy atom. The van der Waals surface area contributed by atoms with Gasteiger partial charge in [0.15, 0.2) is 0 Å². The molecule has 0 bridgehead atoms. The van der Waals surface area contributed by atoms with Gasteiger partial charge in [0.05, 0.1) is 6.10 Å². The van der Waals surface area contributed by atoms with Gasteiger partial charge in [-0.25, -0.2) is 0 Å². The summed E-state index contributed by atoms with van der Waals surface area (Å²) >= 11 is 4.85. The van der Waals surface area contributed by atoms with Crippen LogP contribution in [0.25, 0.3) is 5.57 Å². The Bertz CT molecular complexity index is 754. The predicted octanol–water partition coefficient (Wildman–Crippen LogP) is 5.04. The lowest BCUT2D eigenvalue weighted by molar-refractivity contribution is 0.230. The van der Waals surface area contributed by atoms with Crippen molar-refractivity contribution in [1.29, 1.82) is 0 Å². The first-order valence-electron chi connectivity index (χ1n) is 6.33. The highest BCUT2D eigenvalue weighted by atomic mass is 32.1. The zero-order chi connectivity index (χ0) is 14.5. The van der Waals surface area contributed by atoms with Gasteiger partial charge in [-0.3, -0.25) is 0 Å². The fourth-order valence-electron chi connectivity index (χ4n) is 1.79. The van der Waals surface area contributed by atoms with E-state index < -0.39 is 6.10 Å². The molecule has 0 aromatic carbocycles. The second kappa shape index (κ2) is 6.88. The minimum Gasteiger partial charge on any atom is -0.384 e. The second-order valence-corrected chi connectivity index (χ2v) is 6.83. The Hall–Kier alpha value is -1.64. The summed E-state index contributed by atoms with van der Waals surface area (Å²) in [6, 6.07) is 7.96. The quantitative estimate of drug-likeness (QED) is 0.668. The van der Waals surface area contributed by atoms with Gasteiger partial charge in [0.2, 0.25) is 0 Å². The number of thiophene rings is 3. The summed E-state index contributed by atoms with van der Waals surface area (Å²) in [5.41, 5.74) is 2.79. The van der Waals surface area contributed by atoms with Crippen molar-refractivity contribution >= 4 is 39.6 Å². The first-order valence-corrected chi connectivity index (χ1v) is 9.09. The van der Waals surface area contributed by atoms with E-state index >= 15 is 0 Å². The van der Waals surface area contributed by atoms with E-state index in [1.165, 1.54) is 0 Å². The van der Waals surface area contributed by atoms with Crippen LogP contribution in [0.3, 0.4) is 0 Å². The van der Waals surface area contributed by atoms with E-state index in [0.29, 0.717) is 0 Å². The largest absolute Gasteiger partial charge is 0.384 e. The third kappa shape index (κ3) is 3.72. The molecule has 0 spiro atoms. The fourth-order valence-corrected chi connectivity index (χ4v) is 3.77. The van der Waals surface area contributed by atoms with Crippen molar-refractivity contribution < 1.29 is 5.11 Å². The molecule has 3 rings (SSSR count). The number of allylic oxidation sites excluding steroid dienone is 1. The molecule has 0 amide bonds.